The molecule has 1 aliphatic heterocycles. The highest BCUT2D eigenvalue weighted by atomic mass is 32.2. The van der Waals surface area contributed by atoms with Crippen LogP contribution in [0.1, 0.15) is 102 Å². The standard InChI is InChI=1S/C29H44NO6PS/c1-6-10-17-28(18-11-7-2)21-38(34,35)26-20-24(29(8-3,9-4)37(31,32)33)25(36-5)19-23(26)27(30-28)22-15-13-12-14-16-22/h12-16,19-20,27,30H,6-11,17-18,21H2,1-5H3,(H2,31,32,33). The molecular weight excluding hydrogens is 521 g/mol. The lowest BCUT2D eigenvalue weighted by atomic mass is 9.85. The maximum Gasteiger partial charge on any atom is 0.336 e. The van der Waals surface area contributed by atoms with Gasteiger partial charge in [-0.05, 0) is 48.9 Å². The van der Waals surface area contributed by atoms with E-state index in [1.54, 1.807) is 19.9 Å². The lowest BCUT2D eigenvalue weighted by molar-refractivity contribution is 0.278. The fraction of sp³-hybridized carbons (Fsp3) is 0.586. The molecule has 0 aromatic heterocycles. The van der Waals surface area contributed by atoms with E-state index >= 15 is 0 Å². The molecule has 1 heterocycles. The van der Waals surface area contributed by atoms with Crippen LogP contribution in [-0.2, 0) is 19.6 Å². The Hall–Kier alpha value is -1.70. The molecule has 0 bridgehead atoms. The second kappa shape index (κ2) is 12.2. The smallest absolute Gasteiger partial charge is 0.336 e. The summed E-state index contributed by atoms with van der Waals surface area (Å²) < 4.78 is 47.1. The summed E-state index contributed by atoms with van der Waals surface area (Å²) in [6.45, 7) is 7.65. The largest absolute Gasteiger partial charge is 0.496 e. The number of unbranched alkanes of at least 4 members (excludes halogenated alkanes) is 2. The third-order valence-electron chi connectivity index (χ3n) is 8.27. The first kappa shape index (κ1) is 30.8. The minimum atomic E-state index is -4.68. The number of ether oxygens (including phenoxy) is 1. The van der Waals surface area contributed by atoms with Crippen molar-refractivity contribution in [1.82, 2.24) is 5.32 Å². The molecule has 38 heavy (non-hydrogen) atoms. The normalized spacial score (nSPS) is 19.0. The molecule has 7 nitrogen and oxygen atoms in total. The Morgan fingerprint density at radius 2 is 1.61 bits per heavy atom. The summed E-state index contributed by atoms with van der Waals surface area (Å²) in [5, 5.41) is 2.26. The van der Waals surface area contributed by atoms with Crippen LogP contribution < -0.4 is 10.1 Å². The third-order valence-corrected chi connectivity index (χ3v) is 12.2. The Labute approximate surface area is 228 Å². The maximum absolute atomic E-state index is 14.2. The van der Waals surface area contributed by atoms with Crippen LogP contribution in [0.15, 0.2) is 47.4 Å². The second-order valence-corrected chi connectivity index (χ2v) is 14.5. The van der Waals surface area contributed by atoms with Crippen molar-refractivity contribution in [2.45, 2.75) is 101 Å². The SMILES string of the molecule is CCCCC1(CCCC)CS(=O)(=O)c2cc(C(CC)(CC)P(=O)(O)O)c(OC)cc2C(c2ccccc2)N1. The molecule has 2 aromatic carbocycles. The number of hydrogen-bond acceptors (Lipinski definition) is 5. The first-order valence-electron chi connectivity index (χ1n) is 13.8. The number of methoxy groups -OCH3 is 1. The van der Waals surface area contributed by atoms with Gasteiger partial charge in [0.05, 0.1) is 23.8 Å². The van der Waals surface area contributed by atoms with Crippen LogP contribution in [0.3, 0.4) is 0 Å². The van der Waals surface area contributed by atoms with Crippen molar-refractivity contribution in [3.8, 4) is 5.75 Å². The van der Waals surface area contributed by atoms with Crippen LogP contribution in [0.4, 0.5) is 0 Å². The molecule has 3 N–H and O–H groups in total. The van der Waals surface area contributed by atoms with Gasteiger partial charge in [-0.3, -0.25) is 9.88 Å². The maximum atomic E-state index is 14.2. The van der Waals surface area contributed by atoms with Gasteiger partial charge >= 0.3 is 7.60 Å². The van der Waals surface area contributed by atoms with E-state index < -0.39 is 34.2 Å². The number of rotatable bonds is 12. The van der Waals surface area contributed by atoms with Gasteiger partial charge in [0.25, 0.3) is 0 Å². The van der Waals surface area contributed by atoms with Crippen molar-refractivity contribution in [2.24, 2.45) is 0 Å². The molecule has 0 fully saturated rings. The molecular formula is C29H44NO6PS. The molecule has 0 saturated heterocycles. The van der Waals surface area contributed by atoms with E-state index in [4.69, 9.17) is 4.74 Å². The molecule has 0 saturated carbocycles. The average Bonchev–Trinajstić information content (AvgIpc) is 2.98. The zero-order chi connectivity index (χ0) is 28.2. The molecule has 0 spiro atoms. The van der Waals surface area contributed by atoms with Crippen molar-refractivity contribution in [3.05, 3.63) is 59.2 Å². The van der Waals surface area contributed by atoms with E-state index in [-0.39, 0.29) is 29.1 Å². The monoisotopic (exact) mass is 565 g/mol. The fourth-order valence-electron chi connectivity index (χ4n) is 6.02. The van der Waals surface area contributed by atoms with Crippen molar-refractivity contribution in [3.63, 3.8) is 0 Å². The van der Waals surface area contributed by atoms with Crippen LogP contribution in [0.25, 0.3) is 0 Å². The molecule has 9 heteroatoms. The molecule has 0 radical (unpaired) electrons. The number of benzene rings is 2. The van der Waals surface area contributed by atoms with Crippen LogP contribution in [0.2, 0.25) is 0 Å². The summed E-state index contributed by atoms with van der Waals surface area (Å²) in [5.41, 5.74) is 1.11. The van der Waals surface area contributed by atoms with Crippen LogP contribution in [0, 0.1) is 0 Å². The molecule has 1 aliphatic rings. The van der Waals surface area contributed by atoms with Gasteiger partial charge in [0, 0.05) is 11.1 Å². The van der Waals surface area contributed by atoms with E-state index in [0.717, 1.165) is 44.1 Å². The average molecular weight is 566 g/mol. The Bertz CT molecular complexity index is 1230. The zero-order valence-corrected chi connectivity index (χ0v) is 25.1. The van der Waals surface area contributed by atoms with Gasteiger partial charge in [-0.25, -0.2) is 8.42 Å². The van der Waals surface area contributed by atoms with Crippen LogP contribution >= 0.6 is 7.60 Å². The summed E-state index contributed by atoms with van der Waals surface area (Å²) in [7, 11) is -7.04. The summed E-state index contributed by atoms with van der Waals surface area (Å²) in [6, 6.07) is 12.6. The number of nitrogens with one attached hydrogen (secondary N) is 1. The predicted molar refractivity (Wildman–Crippen MR) is 153 cm³/mol. The summed E-state index contributed by atoms with van der Waals surface area (Å²) >= 11 is 0. The van der Waals surface area contributed by atoms with Gasteiger partial charge < -0.3 is 14.5 Å². The third kappa shape index (κ3) is 5.90. The van der Waals surface area contributed by atoms with Gasteiger partial charge in [-0.2, -0.15) is 0 Å². The van der Waals surface area contributed by atoms with E-state index in [1.165, 1.54) is 13.2 Å². The quantitative estimate of drug-likeness (QED) is 0.253. The summed E-state index contributed by atoms with van der Waals surface area (Å²) in [4.78, 5) is 21.1. The van der Waals surface area contributed by atoms with Crippen molar-refractivity contribution >= 4 is 17.4 Å². The Morgan fingerprint density at radius 3 is 2.08 bits per heavy atom. The number of fused-ring (bicyclic) bond motifs is 1. The van der Waals surface area contributed by atoms with Gasteiger partial charge in [0.2, 0.25) is 0 Å². The Morgan fingerprint density at radius 1 is 1.03 bits per heavy atom. The van der Waals surface area contributed by atoms with Crippen molar-refractivity contribution in [1.29, 1.82) is 0 Å². The fourth-order valence-corrected chi connectivity index (χ4v) is 9.42. The van der Waals surface area contributed by atoms with E-state index in [9.17, 15) is 22.8 Å². The highest BCUT2D eigenvalue weighted by molar-refractivity contribution is 7.91. The van der Waals surface area contributed by atoms with Gasteiger partial charge in [-0.15, -0.1) is 0 Å². The van der Waals surface area contributed by atoms with Crippen LogP contribution in [0.5, 0.6) is 5.75 Å². The van der Waals surface area contributed by atoms with Crippen LogP contribution in [-0.4, -0.2) is 36.6 Å². The molecule has 1 unspecified atom stereocenters. The lowest BCUT2D eigenvalue weighted by Crippen LogP contribution is -2.50. The minimum Gasteiger partial charge on any atom is -0.496 e. The highest BCUT2D eigenvalue weighted by Crippen LogP contribution is 2.63. The molecule has 2 aromatic rings. The Kier molecular flexibility index (Phi) is 9.92. The van der Waals surface area contributed by atoms with E-state index in [0.29, 0.717) is 11.3 Å². The topological polar surface area (TPSA) is 113 Å². The predicted octanol–water partition coefficient (Wildman–Crippen LogP) is 6.47. The summed E-state index contributed by atoms with van der Waals surface area (Å²) in [6.07, 6.45) is 5.42. The Balaban J connectivity index is 2.39. The first-order valence-corrected chi connectivity index (χ1v) is 17.0. The van der Waals surface area contributed by atoms with E-state index in [2.05, 4.69) is 19.2 Å². The zero-order valence-electron chi connectivity index (χ0n) is 23.4. The molecule has 212 valence electrons. The number of hydrogen-bond donors (Lipinski definition) is 3. The minimum absolute atomic E-state index is 0.0662. The van der Waals surface area contributed by atoms with Crippen molar-refractivity contribution < 1.29 is 27.5 Å². The highest BCUT2D eigenvalue weighted by Gasteiger charge is 2.49. The first-order chi connectivity index (χ1) is 17.9. The molecule has 3 rings (SSSR count). The van der Waals surface area contributed by atoms with Gasteiger partial charge in [0.15, 0.2) is 9.84 Å². The second-order valence-electron chi connectivity index (χ2n) is 10.6. The van der Waals surface area contributed by atoms with Gasteiger partial charge in [-0.1, -0.05) is 83.7 Å². The molecule has 0 amide bonds. The van der Waals surface area contributed by atoms with E-state index in [1.807, 2.05) is 30.3 Å². The molecule has 0 aliphatic carbocycles. The lowest BCUT2D eigenvalue weighted by Gasteiger charge is -2.37. The summed E-state index contributed by atoms with van der Waals surface area (Å²) in [5.74, 6) is 0.229. The molecule has 1 atom stereocenters. The van der Waals surface area contributed by atoms with Crippen molar-refractivity contribution in [2.75, 3.05) is 12.9 Å². The van der Waals surface area contributed by atoms with Gasteiger partial charge in [0.1, 0.15) is 10.9 Å². The number of sulfone groups is 1.